The van der Waals surface area contributed by atoms with Crippen molar-refractivity contribution in [2.24, 2.45) is 0 Å². The Labute approximate surface area is 133 Å². The van der Waals surface area contributed by atoms with Crippen molar-refractivity contribution in [2.75, 3.05) is 18.5 Å². The van der Waals surface area contributed by atoms with Crippen LogP contribution in [0.4, 0.5) is 5.69 Å². The first-order valence-corrected chi connectivity index (χ1v) is 6.81. The number of para-hydroxylation sites is 2. The smallest absolute Gasteiger partial charge is 0.344 e. The first-order chi connectivity index (χ1) is 11.2. The van der Waals surface area contributed by atoms with Crippen molar-refractivity contribution in [3.63, 3.8) is 0 Å². The van der Waals surface area contributed by atoms with Crippen molar-refractivity contribution in [3.8, 4) is 11.8 Å². The summed E-state index contributed by atoms with van der Waals surface area (Å²) in [5.41, 5.74) is 0.940. The Morgan fingerprint density at radius 1 is 1.00 bits per heavy atom. The summed E-state index contributed by atoms with van der Waals surface area (Å²) >= 11 is 0. The van der Waals surface area contributed by atoms with Gasteiger partial charge in [0.05, 0.1) is 5.56 Å². The lowest BCUT2D eigenvalue weighted by molar-refractivity contribution is -0.149. The van der Waals surface area contributed by atoms with E-state index in [-0.39, 0.29) is 6.61 Å². The summed E-state index contributed by atoms with van der Waals surface area (Å²) < 4.78 is 10.0. The van der Waals surface area contributed by atoms with Crippen LogP contribution in [0.3, 0.4) is 0 Å². The minimum absolute atomic E-state index is 0.292. The van der Waals surface area contributed by atoms with Crippen LogP contribution in [0.2, 0.25) is 0 Å². The third-order valence-electron chi connectivity index (χ3n) is 2.77. The van der Waals surface area contributed by atoms with E-state index in [1.165, 1.54) is 0 Å². The van der Waals surface area contributed by atoms with E-state index in [0.717, 1.165) is 0 Å². The van der Waals surface area contributed by atoms with Gasteiger partial charge in [0.15, 0.2) is 13.2 Å². The zero-order valence-corrected chi connectivity index (χ0v) is 12.2. The fraction of sp³-hybridized carbons (Fsp3) is 0.118. The van der Waals surface area contributed by atoms with Crippen LogP contribution in [0, 0.1) is 11.3 Å². The number of amides is 1. The van der Waals surface area contributed by atoms with Gasteiger partial charge in [0.25, 0.3) is 5.91 Å². The molecule has 0 saturated carbocycles. The van der Waals surface area contributed by atoms with Crippen molar-refractivity contribution in [2.45, 2.75) is 0 Å². The highest BCUT2D eigenvalue weighted by Crippen LogP contribution is 2.16. The SMILES string of the molecule is N#Cc1ccccc1OCC(=O)OCC(=O)Nc1ccccc1. The molecule has 2 rings (SSSR count). The molecule has 0 bridgehead atoms. The van der Waals surface area contributed by atoms with Crippen LogP contribution in [-0.4, -0.2) is 25.1 Å². The molecule has 0 saturated heterocycles. The number of anilines is 1. The van der Waals surface area contributed by atoms with Gasteiger partial charge in [-0.2, -0.15) is 5.26 Å². The molecule has 0 spiro atoms. The van der Waals surface area contributed by atoms with Crippen LogP contribution in [0.1, 0.15) is 5.56 Å². The standard InChI is InChI=1S/C17H14N2O4/c18-10-13-6-4-5-9-15(13)22-12-17(21)23-11-16(20)19-14-7-2-1-3-8-14/h1-9H,11-12H2,(H,19,20). The highest BCUT2D eigenvalue weighted by Gasteiger charge is 2.10. The van der Waals surface area contributed by atoms with Crippen molar-refractivity contribution >= 4 is 17.6 Å². The largest absolute Gasteiger partial charge is 0.481 e. The predicted octanol–water partition coefficient (Wildman–Crippen LogP) is 2.12. The second-order valence-electron chi connectivity index (χ2n) is 4.47. The number of rotatable bonds is 6. The van der Waals surface area contributed by atoms with Crippen molar-refractivity contribution in [1.82, 2.24) is 0 Å². The van der Waals surface area contributed by atoms with Gasteiger partial charge >= 0.3 is 5.97 Å². The Morgan fingerprint density at radius 3 is 2.43 bits per heavy atom. The third-order valence-corrected chi connectivity index (χ3v) is 2.77. The topological polar surface area (TPSA) is 88.4 Å². The van der Waals surface area contributed by atoms with E-state index in [9.17, 15) is 9.59 Å². The number of nitrogens with one attached hydrogen (secondary N) is 1. The average Bonchev–Trinajstić information content (AvgIpc) is 2.59. The van der Waals surface area contributed by atoms with Gasteiger partial charge in [-0.15, -0.1) is 0 Å². The molecular formula is C17H14N2O4. The maximum Gasteiger partial charge on any atom is 0.344 e. The quantitative estimate of drug-likeness (QED) is 0.826. The number of ether oxygens (including phenoxy) is 2. The van der Waals surface area contributed by atoms with E-state index in [1.54, 1.807) is 48.5 Å². The Bertz CT molecular complexity index is 723. The van der Waals surface area contributed by atoms with Gasteiger partial charge in [0, 0.05) is 5.69 Å². The molecule has 0 unspecified atom stereocenters. The zero-order chi connectivity index (χ0) is 16.5. The first-order valence-electron chi connectivity index (χ1n) is 6.81. The second-order valence-corrected chi connectivity index (χ2v) is 4.47. The molecule has 6 heteroatoms. The lowest BCUT2D eigenvalue weighted by Crippen LogP contribution is -2.23. The van der Waals surface area contributed by atoms with Gasteiger partial charge in [0.1, 0.15) is 11.8 Å². The fourth-order valence-electron chi connectivity index (χ4n) is 1.73. The van der Waals surface area contributed by atoms with Gasteiger partial charge in [0.2, 0.25) is 0 Å². The number of esters is 1. The summed E-state index contributed by atoms with van der Waals surface area (Å²) in [6.07, 6.45) is 0. The van der Waals surface area contributed by atoms with E-state index >= 15 is 0 Å². The maximum absolute atomic E-state index is 11.6. The Hall–Kier alpha value is -3.33. The molecule has 1 N–H and O–H groups in total. The number of hydrogen-bond acceptors (Lipinski definition) is 5. The number of nitrogens with zero attached hydrogens (tertiary/aromatic N) is 1. The zero-order valence-electron chi connectivity index (χ0n) is 12.2. The maximum atomic E-state index is 11.6. The summed E-state index contributed by atoms with van der Waals surface area (Å²) in [4.78, 5) is 23.2. The van der Waals surface area contributed by atoms with Crippen LogP contribution < -0.4 is 10.1 Å². The molecule has 0 aliphatic heterocycles. The molecular weight excluding hydrogens is 296 g/mol. The van der Waals surface area contributed by atoms with Crippen LogP contribution in [0.5, 0.6) is 5.75 Å². The molecule has 2 aromatic carbocycles. The average molecular weight is 310 g/mol. The Morgan fingerprint density at radius 2 is 1.70 bits per heavy atom. The highest BCUT2D eigenvalue weighted by atomic mass is 16.6. The van der Waals surface area contributed by atoms with E-state index in [2.05, 4.69) is 5.32 Å². The normalized spacial score (nSPS) is 9.52. The van der Waals surface area contributed by atoms with E-state index in [0.29, 0.717) is 17.0 Å². The van der Waals surface area contributed by atoms with E-state index in [4.69, 9.17) is 14.7 Å². The molecule has 0 aliphatic carbocycles. The van der Waals surface area contributed by atoms with Crippen LogP contribution in [0.15, 0.2) is 54.6 Å². The minimum Gasteiger partial charge on any atom is -0.481 e. The molecule has 6 nitrogen and oxygen atoms in total. The third kappa shape index (κ3) is 5.17. The van der Waals surface area contributed by atoms with Crippen molar-refractivity contribution < 1.29 is 19.1 Å². The molecule has 23 heavy (non-hydrogen) atoms. The monoisotopic (exact) mass is 310 g/mol. The van der Waals surface area contributed by atoms with Crippen LogP contribution >= 0.6 is 0 Å². The molecule has 116 valence electrons. The first kappa shape index (κ1) is 16.0. The lowest BCUT2D eigenvalue weighted by atomic mass is 10.2. The molecule has 0 fully saturated rings. The number of carbonyl (C=O) groups excluding carboxylic acids is 2. The summed E-state index contributed by atoms with van der Waals surface area (Å²) in [5, 5.41) is 11.5. The summed E-state index contributed by atoms with van der Waals surface area (Å²) in [7, 11) is 0. The van der Waals surface area contributed by atoms with Gasteiger partial charge in [-0.3, -0.25) is 4.79 Å². The summed E-state index contributed by atoms with van der Waals surface area (Å²) in [5.74, 6) is -0.844. The molecule has 2 aromatic rings. The lowest BCUT2D eigenvalue weighted by Gasteiger charge is -2.08. The van der Waals surface area contributed by atoms with E-state index in [1.807, 2.05) is 12.1 Å². The van der Waals surface area contributed by atoms with Crippen molar-refractivity contribution in [3.05, 3.63) is 60.2 Å². The fourth-order valence-corrected chi connectivity index (χ4v) is 1.73. The molecule has 0 aliphatic rings. The van der Waals surface area contributed by atoms with E-state index < -0.39 is 18.5 Å². The summed E-state index contributed by atoms with van der Waals surface area (Å²) in [6.45, 7) is -0.783. The van der Waals surface area contributed by atoms with Gasteiger partial charge < -0.3 is 14.8 Å². The van der Waals surface area contributed by atoms with Gasteiger partial charge in [-0.1, -0.05) is 30.3 Å². The number of nitriles is 1. The minimum atomic E-state index is -0.694. The molecule has 0 radical (unpaired) electrons. The van der Waals surface area contributed by atoms with Crippen LogP contribution in [-0.2, 0) is 14.3 Å². The van der Waals surface area contributed by atoms with Crippen molar-refractivity contribution in [1.29, 1.82) is 5.26 Å². The molecule has 0 aromatic heterocycles. The summed E-state index contributed by atoms with van der Waals surface area (Å²) in [6, 6.07) is 17.3. The highest BCUT2D eigenvalue weighted by molar-refractivity contribution is 5.92. The van der Waals surface area contributed by atoms with Gasteiger partial charge in [-0.05, 0) is 24.3 Å². The Balaban J connectivity index is 1.75. The number of benzene rings is 2. The van der Waals surface area contributed by atoms with Gasteiger partial charge in [-0.25, -0.2) is 4.79 Å². The second kappa shape index (κ2) is 8.20. The molecule has 0 atom stereocenters. The molecule has 1 amide bonds. The Kier molecular flexibility index (Phi) is 5.72. The van der Waals surface area contributed by atoms with Crippen LogP contribution in [0.25, 0.3) is 0 Å². The number of carbonyl (C=O) groups is 2. The molecule has 0 heterocycles. The predicted molar refractivity (Wildman–Crippen MR) is 82.7 cm³/mol. The number of hydrogen-bond donors (Lipinski definition) is 1.